The number of hydrogen-bond donors (Lipinski definition) is 1. The van der Waals surface area contributed by atoms with E-state index in [2.05, 4.69) is 65.6 Å². The molecule has 1 unspecified atom stereocenters. The highest BCUT2D eigenvalue weighted by atomic mass is 79.9. The lowest BCUT2D eigenvalue weighted by Crippen LogP contribution is -2.38. The Labute approximate surface area is 144 Å². The van der Waals surface area contributed by atoms with E-state index in [1.807, 2.05) is 23.5 Å². The third-order valence-corrected chi connectivity index (χ3v) is 5.26. The molecular formula is C17H21BrClNS. The Morgan fingerprint density at radius 1 is 1.24 bits per heavy atom. The standard InChI is InChI=1S/C17H21BrClNS/c1-17(2,3)20-10-13(8-16-9-14(18)11-21-16)12-4-6-15(19)7-5-12/h4-7,9,11,13,20H,8,10H2,1-3H3. The van der Waals surface area contributed by atoms with E-state index in [0.29, 0.717) is 5.92 Å². The van der Waals surface area contributed by atoms with Crippen LogP contribution in [0.2, 0.25) is 5.02 Å². The zero-order valence-electron chi connectivity index (χ0n) is 12.6. The highest BCUT2D eigenvalue weighted by molar-refractivity contribution is 9.10. The number of rotatable bonds is 5. The Morgan fingerprint density at radius 2 is 1.90 bits per heavy atom. The maximum absolute atomic E-state index is 6.01. The first-order valence-corrected chi connectivity index (χ1v) is 9.12. The molecule has 1 nitrogen and oxygen atoms in total. The molecule has 1 aromatic heterocycles. The average Bonchev–Trinajstić information content (AvgIpc) is 2.80. The van der Waals surface area contributed by atoms with Crippen molar-refractivity contribution in [3.05, 3.63) is 55.6 Å². The Kier molecular flexibility index (Phi) is 5.89. The van der Waals surface area contributed by atoms with Crippen molar-refractivity contribution >= 4 is 38.9 Å². The SMILES string of the molecule is CC(C)(C)NCC(Cc1cc(Br)cs1)c1ccc(Cl)cc1. The van der Waals surface area contributed by atoms with Gasteiger partial charge in [0.2, 0.25) is 0 Å². The summed E-state index contributed by atoms with van der Waals surface area (Å²) in [7, 11) is 0. The van der Waals surface area contributed by atoms with Crippen LogP contribution in [-0.2, 0) is 6.42 Å². The Hall–Kier alpha value is -0.350. The van der Waals surface area contributed by atoms with E-state index in [0.717, 1.165) is 18.0 Å². The fraction of sp³-hybridized carbons (Fsp3) is 0.412. The first-order valence-electron chi connectivity index (χ1n) is 7.07. The van der Waals surface area contributed by atoms with E-state index in [4.69, 9.17) is 11.6 Å². The van der Waals surface area contributed by atoms with Gasteiger partial charge in [-0.25, -0.2) is 0 Å². The maximum atomic E-state index is 6.01. The molecule has 1 N–H and O–H groups in total. The second kappa shape index (κ2) is 7.28. The Balaban J connectivity index is 2.15. The molecule has 0 spiro atoms. The zero-order chi connectivity index (χ0) is 15.5. The predicted octanol–water partition coefficient (Wildman–Crippen LogP) is 5.88. The fourth-order valence-corrected chi connectivity index (χ4v) is 3.83. The minimum Gasteiger partial charge on any atom is -0.311 e. The van der Waals surface area contributed by atoms with Crippen LogP contribution in [0, 0.1) is 0 Å². The van der Waals surface area contributed by atoms with Gasteiger partial charge in [0.25, 0.3) is 0 Å². The summed E-state index contributed by atoms with van der Waals surface area (Å²) in [6, 6.07) is 10.4. The van der Waals surface area contributed by atoms with Crippen molar-refractivity contribution in [2.45, 2.75) is 38.6 Å². The molecule has 0 aliphatic carbocycles. The number of benzene rings is 1. The lowest BCUT2D eigenvalue weighted by Gasteiger charge is -2.25. The van der Waals surface area contributed by atoms with Crippen LogP contribution >= 0.6 is 38.9 Å². The molecule has 0 fully saturated rings. The average molecular weight is 387 g/mol. The molecule has 0 radical (unpaired) electrons. The highest BCUT2D eigenvalue weighted by Crippen LogP contribution is 2.27. The third kappa shape index (κ3) is 5.74. The fourth-order valence-electron chi connectivity index (χ4n) is 2.18. The molecule has 0 aliphatic rings. The minimum atomic E-state index is 0.126. The van der Waals surface area contributed by atoms with Gasteiger partial charge in [0.1, 0.15) is 0 Å². The molecule has 0 amide bonds. The van der Waals surface area contributed by atoms with Gasteiger partial charge < -0.3 is 5.32 Å². The molecule has 1 atom stereocenters. The van der Waals surface area contributed by atoms with E-state index in [-0.39, 0.29) is 5.54 Å². The van der Waals surface area contributed by atoms with E-state index in [1.165, 1.54) is 14.9 Å². The molecule has 21 heavy (non-hydrogen) atoms. The molecule has 0 aliphatic heterocycles. The van der Waals surface area contributed by atoms with E-state index in [9.17, 15) is 0 Å². The van der Waals surface area contributed by atoms with Crippen molar-refractivity contribution in [1.29, 1.82) is 0 Å². The van der Waals surface area contributed by atoms with Crippen LogP contribution < -0.4 is 5.32 Å². The van der Waals surface area contributed by atoms with Gasteiger partial charge in [0, 0.05) is 37.8 Å². The van der Waals surface area contributed by atoms with Gasteiger partial charge in [0.05, 0.1) is 0 Å². The first kappa shape index (κ1) is 17.0. The molecule has 2 rings (SSSR count). The van der Waals surface area contributed by atoms with Crippen molar-refractivity contribution in [2.75, 3.05) is 6.54 Å². The van der Waals surface area contributed by atoms with Crippen LogP contribution in [0.4, 0.5) is 0 Å². The third-order valence-electron chi connectivity index (χ3n) is 3.29. The second-order valence-electron chi connectivity index (χ2n) is 6.31. The van der Waals surface area contributed by atoms with Crippen LogP contribution in [-0.4, -0.2) is 12.1 Å². The lowest BCUT2D eigenvalue weighted by atomic mass is 9.94. The van der Waals surface area contributed by atoms with Crippen molar-refractivity contribution < 1.29 is 0 Å². The van der Waals surface area contributed by atoms with Crippen LogP contribution in [0.5, 0.6) is 0 Å². The molecule has 1 heterocycles. The summed E-state index contributed by atoms with van der Waals surface area (Å²) in [5.41, 5.74) is 1.46. The molecule has 4 heteroatoms. The molecule has 0 bridgehead atoms. The van der Waals surface area contributed by atoms with E-state index in [1.54, 1.807) is 0 Å². The van der Waals surface area contributed by atoms with Crippen molar-refractivity contribution in [1.82, 2.24) is 5.32 Å². The molecule has 0 saturated carbocycles. The topological polar surface area (TPSA) is 12.0 Å². The summed E-state index contributed by atoms with van der Waals surface area (Å²) in [5, 5.41) is 6.56. The second-order valence-corrected chi connectivity index (χ2v) is 8.66. The van der Waals surface area contributed by atoms with E-state index < -0.39 is 0 Å². The normalized spacial score (nSPS) is 13.4. The van der Waals surface area contributed by atoms with Crippen molar-refractivity contribution in [3.63, 3.8) is 0 Å². The smallest absolute Gasteiger partial charge is 0.0406 e. The van der Waals surface area contributed by atoms with Gasteiger partial charge in [0.15, 0.2) is 0 Å². The predicted molar refractivity (Wildman–Crippen MR) is 97.7 cm³/mol. The summed E-state index contributed by atoms with van der Waals surface area (Å²) in [5.74, 6) is 0.451. The van der Waals surface area contributed by atoms with Crippen molar-refractivity contribution in [3.8, 4) is 0 Å². The van der Waals surface area contributed by atoms with Gasteiger partial charge in [-0.1, -0.05) is 23.7 Å². The number of halogens is 2. The number of thiophene rings is 1. The van der Waals surface area contributed by atoms with Crippen LogP contribution in [0.1, 0.15) is 37.1 Å². The Bertz CT molecular complexity index is 571. The van der Waals surface area contributed by atoms with Gasteiger partial charge in [-0.05, 0) is 66.9 Å². The maximum Gasteiger partial charge on any atom is 0.0406 e. The van der Waals surface area contributed by atoms with Gasteiger partial charge >= 0.3 is 0 Å². The highest BCUT2D eigenvalue weighted by Gasteiger charge is 2.17. The molecule has 1 aromatic carbocycles. The first-order chi connectivity index (χ1) is 9.83. The van der Waals surface area contributed by atoms with E-state index >= 15 is 0 Å². The zero-order valence-corrected chi connectivity index (χ0v) is 15.8. The van der Waals surface area contributed by atoms with Crippen LogP contribution in [0.15, 0.2) is 40.2 Å². The summed E-state index contributed by atoms with van der Waals surface area (Å²) < 4.78 is 1.17. The van der Waals surface area contributed by atoms with Gasteiger partial charge in [-0.3, -0.25) is 0 Å². The van der Waals surface area contributed by atoms with Gasteiger partial charge in [-0.2, -0.15) is 0 Å². The van der Waals surface area contributed by atoms with Crippen LogP contribution in [0.25, 0.3) is 0 Å². The molecule has 2 aromatic rings. The molecular weight excluding hydrogens is 366 g/mol. The largest absolute Gasteiger partial charge is 0.311 e. The quantitative estimate of drug-likeness (QED) is 0.676. The minimum absolute atomic E-state index is 0.126. The summed E-state index contributed by atoms with van der Waals surface area (Å²) in [4.78, 5) is 1.40. The number of nitrogens with one attached hydrogen (secondary N) is 1. The van der Waals surface area contributed by atoms with Crippen LogP contribution in [0.3, 0.4) is 0 Å². The lowest BCUT2D eigenvalue weighted by molar-refractivity contribution is 0.405. The number of hydrogen-bond acceptors (Lipinski definition) is 2. The monoisotopic (exact) mass is 385 g/mol. The van der Waals surface area contributed by atoms with Gasteiger partial charge in [-0.15, -0.1) is 11.3 Å². The van der Waals surface area contributed by atoms with Crippen molar-refractivity contribution in [2.24, 2.45) is 0 Å². The molecule has 0 saturated heterocycles. The Morgan fingerprint density at radius 3 is 2.43 bits per heavy atom. The summed E-state index contributed by atoms with van der Waals surface area (Å²) >= 11 is 11.4. The molecule has 114 valence electrons. The summed E-state index contributed by atoms with van der Waals surface area (Å²) in [6.45, 7) is 7.57. The summed E-state index contributed by atoms with van der Waals surface area (Å²) in [6.07, 6.45) is 1.04.